The molecule has 0 saturated heterocycles. The minimum absolute atomic E-state index is 0.0955. The average molecular weight is 289 g/mol. The maximum Gasteiger partial charge on any atom is 0.266 e. The van der Waals surface area contributed by atoms with Gasteiger partial charge in [0.1, 0.15) is 17.0 Å². The fourth-order valence-corrected chi connectivity index (χ4v) is 2.64. The van der Waals surface area contributed by atoms with Gasteiger partial charge >= 0.3 is 0 Å². The molecule has 0 fully saturated rings. The van der Waals surface area contributed by atoms with Gasteiger partial charge in [0.25, 0.3) is 5.91 Å². The van der Waals surface area contributed by atoms with Gasteiger partial charge in [-0.15, -0.1) is 16.4 Å². The van der Waals surface area contributed by atoms with Crippen LogP contribution >= 0.6 is 11.3 Å². The van der Waals surface area contributed by atoms with E-state index in [9.17, 15) is 4.79 Å². The van der Waals surface area contributed by atoms with Crippen LogP contribution < -0.4 is 0 Å². The molecule has 3 heterocycles. The highest BCUT2D eigenvalue weighted by atomic mass is 32.1. The fourth-order valence-electron chi connectivity index (χ4n) is 1.77. The van der Waals surface area contributed by atoms with Crippen molar-refractivity contribution in [3.05, 3.63) is 40.9 Å². The van der Waals surface area contributed by atoms with Gasteiger partial charge in [-0.1, -0.05) is 0 Å². The molecule has 0 radical (unpaired) electrons. The van der Waals surface area contributed by atoms with E-state index in [-0.39, 0.29) is 5.91 Å². The summed E-state index contributed by atoms with van der Waals surface area (Å²) in [5.74, 6) is 0.642. The molecular formula is C11H11N7OS. The number of aromatic nitrogens is 6. The number of nitrogens with zero attached hydrogens (tertiary/aromatic N) is 6. The van der Waals surface area contributed by atoms with E-state index >= 15 is 0 Å². The maximum atomic E-state index is 12.5. The Morgan fingerprint density at radius 3 is 3.15 bits per heavy atom. The number of amides is 1. The molecule has 9 heteroatoms. The number of thiophene rings is 1. The molecule has 0 unspecified atom stereocenters. The number of carbonyl (C=O) groups excluding carboxylic acids is 1. The SMILES string of the molecule is CN(Cc1ncc[nH]1)C(=O)c1sccc1-n1cnnn1. The van der Waals surface area contributed by atoms with Crippen molar-refractivity contribution in [3.63, 3.8) is 0 Å². The summed E-state index contributed by atoms with van der Waals surface area (Å²) in [5, 5.41) is 12.8. The normalized spacial score (nSPS) is 10.7. The summed E-state index contributed by atoms with van der Waals surface area (Å²) in [4.78, 5) is 21.7. The largest absolute Gasteiger partial charge is 0.347 e. The fraction of sp³-hybridized carbons (Fsp3) is 0.182. The zero-order valence-electron chi connectivity index (χ0n) is 10.6. The van der Waals surface area contributed by atoms with Crippen molar-refractivity contribution < 1.29 is 4.79 Å². The van der Waals surface area contributed by atoms with Gasteiger partial charge in [-0.2, -0.15) is 4.68 Å². The molecule has 0 bridgehead atoms. The molecule has 1 N–H and O–H groups in total. The lowest BCUT2D eigenvalue weighted by Gasteiger charge is -2.15. The smallest absolute Gasteiger partial charge is 0.266 e. The van der Waals surface area contributed by atoms with E-state index in [2.05, 4.69) is 25.5 Å². The van der Waals surface area contributed by atoms with Crippen LogP contribution in [0, 0.1) is 0 Å². The summed E-state index contributed by atoms with van der Waals surface area (Å²) in [6.45, 7) is 0.415. The Morgan fingerprint density at radius 2 is 2.45 bits per heavy atom. The van der Waals surface area contributed by atoms with Gasteiger partial charge < -0.3 is 9.88 Å². The molecule has 8 nitrogen and oxygen atoms in total. The number of carbonyl (C=O) groups is 1. The van der Waals surface area contributed by atoms with Crippen LogP contribution in [0.15, 0.2) is 30.2 Å². The van der Waals surface area contributed by atoms with Crippen molar-refractivity contribution in [1.29, 1.82) is 0 Å². The Kier molecular flexibility index (Phi) is 3.25. The Morgan fingerprint density at radius 1 is 1.55 bits per heavy atom. The van der Waals surface area contributed by atoms with Crippen molar-refractivity contribution in [2.45, 2.75) is 6.54 Å². The van der Waals surface area contributed by atoms with E-state index < -0.39 is 0 Å². The van der Waals surface area contributed by atoms with Crippen molar-refractivity contribution in [3.8, 4) is 5.69 Å². The molecule has 1 amide bonds. The van der Waals surface area contributed by atoms with Crippen LogP contribution in [-0.2, 0) is 6.54 Å². The highest BCUT2D eigenvalue weighted by molar-refractivity contribution is 7.12. The van der Waals surface area contributed by atoms with Gasteiger partial charge in [0, 0.05) is 19.4 Å². The predicted octanol–water partition coefficient (Wildman–Crippen LogP) is 0.719. The van der Waals surface area contributed by atoms with Gasteiger partial charge in [0.05, 0.1) is 12.2 Å². The molecule has 3 aromatic rings. The first kappa shape index (κ1) is 12.5. The maximum absolute atomic E-state index is 12.5. The van der Waals surface area contributed by atoms with Crippen molar-refractivity contribution in [1.82, 2.24) is 35.1 Å². The number of nitrogens with one attached hydrogen (secondary N) is 1. The highest BCUT2D eigenvalue weighted by Crippen LogP contribution is 2.21. The third-order valence-electron chi connectivity index (χ3n) is 2.72. The Labute approximate surface area is 118 Å². The number of imidazole rings is 1. The molecule has 20 heavy (non-hydrogen) atoms. The number of tetrazole rings is 1. The predicted molar refractivity (Wildman–Crippen MR) is 71.4 cm³/mol. The topological polar surface area (TPSA) is 92.6 Å². The van der Waals surface area contributed by atoms with Crippen LogP contribution in [0.3, 0.4) is 0 Å². The molecule has 0 atom stereocenters. The first-order chi connectivity index (χ1) is 9.75. The molecule has 102 valence electrons. The van der Waals surface area contributed by atoms with E-state index in [4.69, 9.17) is 0 Å². The minimum Gasteiger partial charge on any atom is -0.347 e. The molecule has 0 aliphatic rings. The zero-order chi connectivity index (χ0) is 13.9. The van der Waals surface area contributed by atoms with Crippen molar-refractivity contribution in [2.24, 2.45) is 0 Å². The molecule has 0 aliphatic carbocycles. The van der Waals surface area contributed by atoms with Crippen LogP contribution in [0.1, 0.15) is 15.5 Å². The Bertz CT molecular complexity index is 688. The average Bonchev–Trinajstić information content (AvgIpc) is 3.18. The number of H-pyrrole nitrogens is 1. The summed E-state index contributed by atoms with van der Waals surface area (Å²) in [6, 6.07) is 1.81. The van der Waals surface area contributed by atoms with E-state index in [1.807, 2.05) is 11.4 Å². The minimum atomic E-state index is -0.0955. The zero-order valence-corrected chi connectivity index (χ0v) is 11.4. The summed E-state index contributed by atoms with van der Waals surface area (Å²) in [7, 11) is 1.73. The molecule has 0 spiro atoms. The lowest BCUT2D eigenvalue weighted by Crippen LogP contribution is -2.26. The van der Waals surface area contributed by atoms with Gasteiger partial charge in [0.15, 0.2) is 0 Å². The van der Waals surface area contributed by atoms with Crippen LogP contribution in [0.2, 0.25) is 0 Å². The molecule has 0 aromatic carbocycles. The summed E-state index contributed by atoms with van der Waals surface area (Å²) >= 11 is 1.36. The van der Waals surface area contributed by atoms with Crippen LogP contribution in [0.5, 0.6) is 0 Å². The van der Waals surface area contributed by atoms with E-state index in [1.54, 1.807) is 24.3 Å². The lowest BCUT2D eigenvalue weighted by atomic mass is 10.3. The second kappa shape index (κ2) is 5.21. The van der Waals surface area contributed by atoms with Crippen LogP contribution in [0.4, 0.5) is 0 Å². The number of hydrogen-bond acceptors (Lipinski definition) is 6. The second-order valence-electron chi connectivity index (χ2n) is 4.09. The Hall–Kier alpha value is -2.55. The van der Waals surface area contributed by atoms with Crippen molar-refractivity contribution in [2.75, 3.05) is 7.05 Å². The third kappa shape index (κ3) is 2.30. The van der Waals surface area contributed by atoms with Gasteiger partial charge in [-0.3, -0.25) is 4.79 Å². The van der Waals surface area contributed by atoms with Crippen LogP contribution in [0.25, 0.3) is 5.69 Å². The Balaban J connectivity index is 1.82. The van der Waals surface area contributed by atoms with Crippen molar-refractivity contribution >= 4 is 17.2 Å². The summed E-state index contributed by atoms with van der Waals surface area (Å²) in [5.41, 5.74) is 0.677. The van der Waals surface area contributed by atoms with E-state index in [1.165, 1.54) is 22.3 Å². The van der Waals surface area contributed by atoms with E-state index in [0.29, 0.717) is 17.1 Å². The van der Waals surface area contributed by atoms with E-state index in [0.717, 1.165) is 5.82 Å². The standard InChI is InChI=1S/C11H11N7OS/c1-17(6-9-12-3-4-13-9)11(19)10-8(2-5-20-10)18-7-14-15-16-18/h2-5,7H,6H2,1H3,(H,12,13). The van der Waals surface area contributed by atoms with Gasteiger partial charge in [0.2, 0.25) is 0 Å². The number of rotatable bonds is 4. The first-order valence-corrected chi connectivity index (χ1v) is 6.68. The second-order valence-corrected chi connectivity index (χ2v) is 5.00. The highest BCUT2D eigenvalue weighted by Gasteiger charge is 2.19. The number of hydrogen-bond donors (Lipinski definition) is 1. The molecule has 0 saturated carbocycles. The summed E-state index contributed by atoms with van der Waals surface area (Å²) < 4.78 is 1.48. The number of aromatic amines is 1. The van der Waals surface area contributed by atoms with Crippen LogP contribution in [-0.4, -0.2) is 48.0 Å². The quantitative estimate of drug-likeness (QED) is 0.764. The molecule has 0 aliphatic heterocycles. The summed E-state index contributed by atoms with van der Waals surface area (Å²) in [6.07, 6.45) is 4.85. The van der Waals surface area contributed by atoms with Gasteiger partial charge in [-0.25, -0.2) is 4.98 Å². The van der Waals surface area contributed by atoms with Gasteiger partial charge in [-0.05, 0) is 21.9 Å². The molecule has 3 rings (SSSR count). The molecule has 3 aromatic heterocycles. The lowest BCUT2D eigenvalue weighted by molar-refractivity contribution is 0.0786. The third-order valence-corrected chi connectivity index (χ3v) is 3.61. The molecular weight excluding hydrogens is 278 g/mol. The first-order valence-electron chi connectivity index (χ1n) is 5.80. The monoisotopic (exact) mass is 289 g/mol.